The Hall–Kier alpha value is -2.32. The number of sulfonamides is 1. The van der Waals surface area contributed by atoms with Crippen molar-refractivity contribution in [2.45, 2.75) is 25.3 Å². The standard InChI is InChI=1S/C17H22N2O5S/c1-3-19(13-17(20)18-12-15-6-5-11-24-15)25(21,22)16-9-7-14(8-10-16)23-4-2/h5-11H,3-4,12-13H2,1-2H3,(H,18,20). The van der Waals surface area contributed by atoms with E-state index in [1.165, 1.54) is 18.4 Å². The Morgan fingerprint density at radius 3 is 2.48 bits per heavy atom. The molecule has 25 heavy (non-hydrogen) atoms. The molecular weight excluding hydrogens is 344 g/mol. The van der Waals surface area contributed by atoms with Gasteiger partial charge in [-0.15, -0.1) is 0 Å². The van der Waals surface area contributed by atoms with Crippen LogP contribution in [0.5, 0.6) is 5.75 Å². The van der Waals surface area contributed by atoms with Crippen LogP contribution < -0.4 is 10.1 Å². The lowest BCUT2D eigenvalue weighted by molar-refractivity contribution is -0.121. The van der Waals surface area contributed by atoms with Crippen molar-refractivity contribution in [3.8, 4) is 5.75 Å². The average Bonchev–Trinajstić information content (AvgIpc) is 3.12. The number of amides is 1. The van der Waals surface area contributed by atoms with Crippen LogP contribution in [0.3, 0.4) is 0 Å². The van der Waals surface area contributed by atoms with Crippen LogP contribution in [-0.2, 0) is 21.4 Å². The molecule has 7 nitrogen and oxygen atoms in total. The monoisotopic (exact) mass is 366 g/mol. The normalized spacial score (nSPS) is 11.5. The van der Waals surface area contributed by atoms with E-state index in [-0.39, 0.29) is 24.5 Å². The summed E-state index contributed by atoms with van der Waals surface area (Å²) >= 11 is 0. The first kappa shape index (κ1) is 19.0. The molecule has 136 valence electrons. The van der Waals surface area contributed by atoms with Crippen LogP contribution in [0.2, 0.25) is 0 Å². The van der Waals surface area contributed by atoms with Crippen molar-refractivity contribution < 1.29 is 22.4 Å². The molecule has 1 aromatic carbocycles. The van der Waals surface area contributed by atoms with Crippen LogP contribution in [0, 0.1) is 0 Å². The first-order valence-corrected chi connectivity index (χ1v) is 9.43. The summed E-state index contributed by atoms with van der Waals surface area (Å²) in [5.74, 6) is 0.805. The smallest absolute Gasteiger partial charge is 0.243 e. The third-order valence-electron chi connectivity index (χ3n) is 3.49. The highest BCUT2D eigenvalue weighted by molar-refractivity contribution is 7.89. The van der Waals surface area contributed by atoms with Gasteiger partial charge in [-0.1, -0.05) is 6.92 Å². The van der Waals surface area contributed by atoms with Crippen molar-refractivity contribution in [3.63, 3.8) is 0 Å². The molecule has 0 bridgehead atoms. The number of carbonyl (C=O) groups is 1. The minimum Gasteiger partial charge on any atom is -0.494 e. The fraction of sp³-hybridized carbons (Fsp3) is 0.353. The Balaban J connectivity index is 2.02. The molecule has 0 saturated heterocycles. The van der Waals surface area contributed by atoms with E-state index >= 15 is 0 Å². The topological polar surface area (TPSA) is 88.9 Å². The molecule has 0 atom stereocenters. The predicted octanol–water partition coefficient (Wildman–Crippen LogP) is 2.01. The number of rotatable bonds is 9. The molecule has 1 heterocycles. The van der Waals surface area contributed by atoms with E-state index in [0.717, 1.165) is 4.31 Å². The fourth-order valence-corrected chi connectivity index (χ4v) is 3.61. The van der Waals surface area contributed by atoms with Gasteiger partial charge in [0.15, 0.2) is 0 Å². The van der Waals surface area contributed by atoms with E-state index in [0.29, 0.717) is 18.1 Å². The lowest BCUT2D eigenvalue weighted by atomic mass is 10.3. The summed E-state index contributed by atoms with van der Waals surface area (Å²) in [6.07, 6.45) is 1.51. The zero-order chi connectivity index (χ0) is 18.3. The maximum atomic E-state index is 12.7. The lowest BCUT2D eigenvalue weighted by Crippen LogP contribution is -2.40. The molecule has 0 unspecified atom stereocenters. The van der Waals surface area contributed by atoms with Crippen LogP contribution in [-0.4, -0.2) is 38.3 Å². The van der Waals surface area contributed by atoms with Gasteiger partial charge in [-0.05, 0) is 43.3 Å². The molecule has 2 aromatic rings. The average molecular weight is 366 g/mol. The second-order valence-electron chi connectivity index (χ2n) is 5.19. The molecule has 0 aliphatic carbocycles. The largest absolute Gasteiger partial charge is 0.494 e. The van der Waals surface area contributed by atoms with Crippen LogP contribution in [0.15, 0.2) is 52.0 Å². The maximum absolute atomic E-state index is 12.7. The Kier molecular flexibility index (Phi) is 6.60. The summed E-state index contributed by atoms with van der Waals surface area (Å²) in [7, 11) is -3.76. The summed E-state index contributed by atoms with van der Waals surface area (Å²) in [4.78, 5) is 12.2. The molecule has 1 N–H and O–H groups in total. The third-order valence-corrected chi connectivity index (χ3v) is 5.42. The van der Waals surface area contributed by atoms with Gasteiger partial charge in [-0.3, -0.25) is 4.79 Å². The highest BCUT2D eigenvalue weighted by atomic mass is 32.2. The van der Waals surface area contributed by atoms with Gasteiger partial charge in [-0.2, -0.15) is 4.31 Å². The molecule has 0 radical (unpaired) electrons. The Bertz CT molecular complexity index is 770. The van der Waals surface area contributed by atoms with Crippen molar-refractivity contribution in [1.82, 2.24) is 9.62 Å². The van der Waals surface area contributed by atoms with E-state index in [1.807, 2.05) is 6.92 Å². The molecule has 0 fully saturated rings. The number of benzene rings is 1. The van der Waals surface area contributed by atoms with Gasteiger partial charge in [0.2, 0.25) is 15.9 Å². The Morgan fingerprint density at radius 2 is 1.92 bits per heavy atom. The van der Waals surface area contributed by atoms with Crippen molar-refractivity contribution >= 4 is 15.9 Å². The number of carbonyl (C=O) groups excluding carboxylic acids is 1. The van der Waals surface area contributed by atoms with Crippen LogP contribution in [0.4, 0.5) is 0 Å². The van der Waals surface area contributed by atoms with Gasteiger partial charge in [0.05, 0.1) is 30.9 Å². The van der Waals surface area contributed by atoms with Gasteiger partial charge in [0, 0.05) is 6.54 Å². The van der Waals surface area contributed by atoms with E-state index in [4.69, 9.17) is 9.15 Å². The van der Waals surface area contributed by atoms with Crippen LogP contribution in [0.1, 0.15) is 19.6 Å². The number of nitrogens with zero attached hydrogens (tertiary/aromatic N) is 1. The molecule has 0 spiro atoms. The quantitative estimate of drug-likeness (QED) is 0.733. The number of furan rings is 1. The summed E-state index contributed by atoms with van der Waals surface area (Å²) < 4.78 is 36.9. The number of hydrogen-bond acceptors (Lipinski definition) is 5. The number of likely N-dealkylation sites (N-methyl/N-ethyl adjacent to an activating group) is 1. The van der Waals surface area contributed by atoms with Crippen LogP contribution >= 0.6 is 0 Å². The number of hydrogen-bond donors (Lipinski definition) is 1. The predicted molar refractivity (Wildman–Crippen MR) is 92.6 cm³/mol. The summed E-state index contributed by atoms with van der Waals surface area (Å²) in [6.45, 7) is 4.18. The van der Waals surface area contributed by atoms with Gasteiger partial charge in [0.1, 0.15) is 11.5 Å². The van der Waals surface area contributed by atoms with E-state index in [9.17, 15) is 13.2 Å². The number of ether oxygens (including phenoxy) is 1. The minimum absolute atomic E-state index is 0.122. The summed E-state index contributed by atoms with van der Waals surface area (Å²) in [5.41, 5.74) is 0. The zero-order valence-corrected chi connectivity index (χ0v) is 15.1. The Labute approximate surface area is 147 Å². The molecule has 8 heteroatoms. The van der Waals surface area contributed by atoms with Crippen LogP contribution in [0.25, 0.3) is 0 Å². The summed E-state index contributed by atoms with van der Waals surface area (Å²) in [5, 5.41) is 2.64. The SMILES string of the molecule is CCOc1ccc(S(=O)(=O)N(CC)CC(=O)NCc2ccco2)cc1. The van der Waals surface area contributed by atoms with Gasteiger partial charge in [0.25, 0.3) is 0 Å². The van der Waals surface area contributed by atoms with E-state index < -0.39 is 15.9 Å². The molecule has 2 rings (SSSR count). The zero-order valence-electron chi connectivity index (χ0n) is 14.3. The van der Waals surface area contributed by atoms with Gasteiger partial charge in [-0.25, -0.2) is 8.42 Å². The first-order valence-electron chi connectivity index (χ1n) is 7.99. The molecular formula is C17H22N2O5S. The second-order valence-corrected chi connectivity index (χ2v) is 7.13. The van der Waals surface area contributed by atoms with Crippen molar-refractivity contribution in [1.29, 1.82) is 0 Å². The third kappa shape index (κ3) is 5.07. The van der Waals surface area contributed by atoms with Crippen molar-refractivity contribution in [3.05, 3.63) is 48.4 Å². The molecule has 1 amide bonds. The maximum Gasteiger partial charge on any atom is 0.243 e. The highest BCUT2D eigenvalue weighted by Crippen LogP contribution is 2.19. The van der Waals surface area contributed by atoms with Crippen molar-refractivity contribution in [2.75, 3.05) is 19.7 Å². The fourth-order valence-electron chi connectivity index (χ4n) is 2.21. The summed E-state index contributed by atoms with van der Waals surface area (Å²) in [6, 6.07) is 9.60. The van der Waals surface area contributed by atoms with Gasteiger partial charge < -0.3 is 14.5 Å². The molecule has 1 aromatic heterocycles. The van der Waals surface area contributed by atoms with Gasteiger partial charge >= 0.3 is 0 Å². The van der Waals surface area contributed by atoms with E-state index in [1.54, 1.807) is 31.2 Å². The number of nitrogens with one attached hydrogen (secondary N) is 1. The minimum atomic E-state index is -3.76. The van der Waals surface area contributed by atoms with Crippen molar-refractivity contribution in [2.24, 2.45) is 0 Å². The molecule has 0 saturated carbocycles. The highest BCUT2D eigenvalue weighted by Gasteiger charge is 2.25. The van der Waals surface area contributed by atoms with E-state index in [2.05, 4.69) is 5.32 Å². The molecule has 0 aliphatic rings. The molecule has 0 aliphatic heterocycles. The first-order chi connectivity index (χ1) is 12.0. The Morgan fingerprint density at radius 1 is 1.20 bits per heavy atom. The second kappa shape index (κ2) is 8.68. The lowest BCUT2D eigenvalue weighted by Gasteiger charge is -2.20.